The molecule has 4 heterocycles. The molecule has 8 heteroatoms. The fourth-order valence-corrected chi connectivity index (χ4v) is 4.48. The van der Waals surface area contributed by atoms with Crippen molar-refractivity contribution < 1.29 is 9.53 Å². The minimum absolute atomic E-state index is 0.0437. The van der Waals surface area contributed by atoms with Crippen molar-refractivity contribution in [3.05, 3.63) is 35.4 Å². The number of rotatable bonds is 7. The fraction of sp³-hybridized carbons (Fsp3) is 0.565. The average Bonchev–Trinajstić information content (AvgIpc) is 2.80. The first kappa shape index (κ1) is 22.1. The summed E-state index contributed by atoms with van der Waals surface area (Å²) >= 11 is 6.43. The highest BCUT2D eigenvalue weighted by Gasteiger charge is 2.25. The van der Waals surface area contributed by atoms with Crippen LogP contribution in [-0.4, -0.2) is 53.6 Å². The number of nitrogens with one attached hydrogen (secondary N) is 2. The number of Topliss-reactive ketones (excluding diaryl/α,β-unsaturated/α-hetero) is 1. The number of aromatic nitrogens is 3. The molecule has 0 amide bonds. The van der Waals surface area contributed by atoms with Gasteiger partial charge in [-0.1, -0.05) is 18.5 Å². The van der Waals surface area contributed by atoms with Gasteiger partial charge in [0.25, 0.3) is 0 Å². The van der Waals surface area contributed by atoms with E-state index in [1.165, 1.54) is 0 Å². The van der Waals surface area contributed by atoms with Crippen molar-refractivity contribution in [2.75, 3.05) is 38.2 Å². The van der Waals surface area contributed by atoms with E-state index in [4.69, 9.17) is 21.3 Å². The molecule has 0 saturated carbocycles. The third-order valence-electron chi connectivity index (χ3n) is 6.12. The molecule has 2 saturated heterocycles. The molecule has 2 aliphatic rings. The minimum atomic E-state index is 0.0437. The van der Waals surface area contributed by atoms with Crippen LogP contribution >= 0.6 is 11.6 Å². The molecule has 0 unspecified atom stereocenters. The highest BCUT2D eigenvalue weighted by Crippen LogP contribution is 2.28. The Morgan fingerprint density at radius 1 is 1.26 bits per heavy atom. The van der Waals surface area contributed by atoms with E-state index in [-0.39, 0.29) is 11.7 Å². The highest BCUT2D eigenvalue weighted by molar-refractivity contribution is 6.33. The van der Waals surface area contributed by atoms with E-state index in [9.17, 15) is 4.79 Å². The van der Waals surface area contributed by atoms with Crippen LogP contribution in [0, 0.1) is 17.8 Å². The number of hydrogen-bond acceptors (Lipinski definition) is 7. The zero-order valence-electron chi connectivity index (χ0n) is 17.9. The number of hydrogen-bond donors (Lipinski definition) is 2. The molecule has 7 nitrogen and oxygen atoms in total. The Bertz CT molecular complexity index is 903. The van der Waals surface area contributed by atoms with Gasteiger partial charge in [-0.2, -0.15) is 0 Å². The Morgan fingerprint density at radius 3 is 2.90 bits per heavy atom. The SMILES string of the molecule is C[C@H]1CNC[C@@H](C(=O)Cc2cc(-c3cncc(NCC4CCOCC4)n3)c(Cl)cn2)C1. The van der Waals surface area contributed by atoms with Crippen molar-refractivity contribution in [1.29, 1.82) is 0 Å². The zero-order valence-corrected chi connectivity index (χ0v) is 18.7. The molecular formula is C23H30ClN5O2. The molecule has 0 aromatic carbocycles. The predicted octanol–water partition coefficient (Wildman–Crippen LogP) is 3.39. The number of carbonyl (C=O) groups excluding carboxylic acids is 1. The van der Waals surface area contributed by atoms with Gasteiger partial charge in [0.15, 0.2) is 0 Å². The maximum Gasteiger partial charge on any atom is 0.145 e. The fourth-order valence-electron chi connectivity index (χ4n) is 4.28. The van der Waals surface area contributed by atoms with E-state index in [0.717, 1.165) is 63.5 Å². The summed E-state index contributed by atoms with van der Waals surface area (Å²) in [7, 11) is 0. The Balaban J connectivity index is 1.44. The lowest BCUT2D eigenvalue weighted by Crippen LogP contribution is -2.39. The Hall–Kier alpha value is -2.09. The molecule has 2 aliphatic heterocycles. The summed E-state index contributed by atoms with van der Waals surface area (Å²) in [4.78, 5) is 26.2. The number of nitrogens with zero attached hydrogens (tertiary/aromatic N) is 3. The van der Waals surface area contributed by atoms with Gasteiger partial charge in [0.1, 0.15) is 11.6 Å². The van der Waals surface area contributed by atoms with E-state index in [1.807, 2.05) is 6.07 Å². The van der Waals surface area contributed by atoms with E-state index in [1.54, 1.807) is 18.6 Å². The maximum atomic E-state index is 12.8. The first-order chi connectivity index (χ1) is 15.1. The van der Waals surface area contributed by atoms with Gasteiger partial charge in [-0.25, -0.2) is 4.98 Å². The van der Waals surface area contributed by atoms with Crippen molar-refractivity contribution in [2.24, 2.45) is 17.8 Å². The summed E-state index contributed by atoms with van der Waals surface area (Å²) < 4.78 is 5.42. The number of ketones is 1. The summed E-state index contributed by atoms with van der Waals surface area (Å²) in [6.45, 7) is 6.39. The lowest BCUT2D eigenvalue weighted by atomic mass is 9.87. The van der Waals surface area contributed by atoms with Crippen LogP contribution in [-0.2, 0) is 16.0 Å². The zero-order chi connectivity index (χ0) is 21.6. The number of piperidine rings is 1. The number of halogens is 1. The second-order valence-electron chi connectivity index (χ2n) is 8.72. The quantitative estimate of drug-likeness (QED) is 0.677. The summed E-state index contributed by atoms with van der Waals surface area (Å²) in [5, 5.41) is 7.23. The summed E-state index contributed by atoms with van der Waals surface area (Å²) in [6.07, 6.45) is 8.37. The summed E-state index contributed by atoms with van der Waals surface area (Å²) in [6, 6.07) is 1.87. The summed E-state index contributed by atoms with van der Waals surface area (Å²) in [5.41, 5.74) is 2.13. The van der Waals surface area contributed by atoms with Gasteiger partial charge in [-0.3, -0.25) is 14.8 Å². The van der Waals surface area contributed by atoms with Crippen LogP contribution < -0.4 is 10.6 Å². The second-order valence-corrected chi connectivity index (χ2v) is 9.13. The van der Waals surface area contributed by atoms with Crippen LogP contribution in [0.1, 0.15) is 31.9 Å². The van der Waals surface area contributed by atoms with Crippen LogP contribution in [0.2, 0.25) is 5.02 Å². The molecule has 2 fully saturated rings. The van der Waals surface area contributed by atoms with E-state index in [2.05, 4.69) is 27.5 Å². The van der Waals surface area contributed by atoms with E-state index < -0.39 is 0 Å². The second kappa shape index (κ2) is 10.5. The van der Waals surface area contributed by atoms with Crippen LogP contribution in [0.15, 0.2) is 24.7 Å². The van der Waals surface area contributed by atoms with Crippen LogP contribution in [0.3, 0.4) is 0 Å². The molecule has 2 N–H and O–H groups in total. The topological polar surface area (TPSA) is 89.0 Å². The van der Waals surface area contributed by atoms with Crippen molar-refractivity contribution in [1.82, 2.24) is 20.3 Å². The highest BCUT2D eigenvalue weighted by atomic mass is 35.5. The molecular weight excluding hydrogens is 414 g/mol. The minimum Gasteiger partial charge on any atom is -0.381 e. The van der Waals surface area contributed by atoms with Gasteiger partial charge >= 0.3 is 0 Å². The van der Waals surface area contributed by atoms with E-state index >= 15 is 0 Å². The monoisotopic (exact) mass is 443 g/mol. The molecule has 166 valence electrons. The Labute approximate surface area is 188 Å². The van der Waals surface area contributed by atoms with Gasteiger partial charge in [0.2, 0.25) is 0 Å². The standard InChI is InChI=1S/C23H30ClN5O2/c1-15-6-17(11-25-9-15)22(30)8-18-7-19(20(24)12-27-18)21-13-26-14-23(29-21)28-10-16-2-4-31-5-3-16/h7,12-17,25H,2-6,8-11H2,1H3,(H,28,29)/t15-,17+/m1/s1. The molecule has 0 spiro atoms. The summed E-state index contributed by atoms with van der Waals surface area (Å²) in [5.74, 6) is 2.08. The van der Waals surface area contributed by atoms with Gasteiger partial charge in [0, 0.05) is 56.1 Å². The number of anilines is 1. The number of carbonyl (C=O) groups is 1. The van der Waals surface area contributed by atoms with Crippen molar-refractivity contribution in [3.63, 3.8) is 0 Å². The lowest BCUT2D eigenvalue weighted by molar-refractivity contribution is -0.123. The average molecular weight is 444 g/mol. The number of ether oxygens (including phenoxy) is 1. The smallest absolute Gasteiger partial charge is 0.145 e. The molecule has 4 rings (SSSR count). The third kappa shape index (κ3) is 5.99. The largest absolute Gasteiger partial charge is 0.381 e. The van der Waals surface area contributed by atoms with Crippen LogP contribution in [0.5, 0.6) is 0 Å². The Kier molecular flexibility index (Phi) is 7.48. The van der Waals surface area contributed by atoms with Crippen molar-refractivity contribution in [3.8, 4) is 11.3 Å². The molecule has 31 heavy (non-hydrogen) atoms. The van der Waals surface area contributed by atoms with Gasteiger partial charge in [-0.15, -0.1) is 0 Å². The molecule has 2 atom stereocenters. The van der Waals surface area contributed by atoms with Gasteiger partial charge in [0.05, 0.1) is 23.1 Å². The number of pyridine rings is 1. The molecule has 0 aliphatic carbocycles. The van der Waals surface area contributed by atoms with Gasteiger partial charge in [-0.05, 0) is 43.7 Å². The molecule has 2 aromatic heterocycles. The van der Waals surface area contributed by atoms with Crippen LogP contribution in [0.4, 0.5) is 5.82 Å². The van der Waals surface area contributed by atoms with E-state index in [0.29, 0.717) is 34.7 Å². The maximum absolute atomic E-state index is 12.8. The Morgan fingerprint density at radius 2 is 2.10 bits per heavy atom. The molecule has 2 aromatic rings. The molecule has 0 radical (unpaired) electrons. The van der Waals surface area contributed by atoms with Gasteiger partial charge < -0.3 is 15.4 Å². The normalized spacial score (nSPS) is 22.3. The van der Waals surface area contributed by atoms with Crippen LogP contribution in [0.25, 0.3) is 11.3 Å². The first-order valence-corrected chi connectivity index (χ1v) is 11.5. The third-order valence-corrected chi connectivity index (χ3v) is 6.42. The lowest BCUT2D eigenvalue weighted by Gasteiger charge is -2.26. The first-order valence-electron chi connectivity index (χ1n) is 11.1. The van der Waals surface area contributed by atoms with Crippen molar-refractivity contribution >= 4 is 23.2 Å². The molecule has 0 bridgehead atoms. The predicted molar refractivity (Wildman–Crippen MR) is 121 cm³/mol. The van der Waals surface area contributed by atoms with Crippen molar-refractivity contribution in [2.45, 2.75) is 32.6 Å².